The number of hydrogen-bond acceptors (Lipinski definition) is 3. The predicted molar refractivity (Wildman–Crippen MR) is 108 cm³/mol. The molecule has 1 heterocycles. The molecule has 1 aliphatic heterocycles. The third-order valence-corrected chi connectivity index (χ3v) is 6.24. The Kier molecular flexibility index (Phi) is 5.85. The Morgan fingerprint density at radius 1 is 1.07 bits per heavy atom. The number of fused-ring (bicyclic) bond motifs is 1. The molecule has 6 heteroatoms. The molecule has 0 aromatic heterocycles. The summed E-state index contributed by atoms with van der Waals surface area (Å²) in [5.41, 5.74) is 4.21. The second-order valence-corrected chi connectivity index (χ2v) is 8.85. The molecule has 0 saturated heterocycles. The van der Waals surface area contributed by atoms with Gasteiger partial charge in [0, 0.05) is 26.1 Å². The molecule has 0 atom stereocenters. The second kappa shape index (κ2) is 8.13. The van der Waals surface area contributed by atoms with Crippen LogP contribution in [0.2, 0.25) is 0 Å². The summed E-state index contributed by atoms with van der Waals surface area (Å²) in [7, 11) is -3.45. The number of sulfonamides is 1. The van der Waals surface area contributed by atoms with Gasteiger partial charge in [-0.25, -0.2) is 8.42 Å². The summed E-state index contributed by atoms with van der Waals surface area (Å²) in [6.45, 7) is 3.49. The molecule has 0 unspecified atom stereocenters. The van der Waals surface area contributed by atoms with Gasteiger partial charge in [-0.05, 0) is 41.7 Å². The lowest BCUT2D eigenvalue weighted by Gasteiger charge is -2.30. The van der Waals surface area contributed by atoms with Crippen LogP contribution in [-0.4, -0.2) is 38.6 Å². The van der Waals surface area contributed by atoms with E-state index < -0.39 is 10.0 Å². The summed E-state index contributed by atoms with van der Waals surface area (Å²) in [5, 5.41) is 0. The first-order chi connectivity index (χ1) is 12.9. The zero-order valence-electron chi connectivity index (χ0n) is 15.9. The van der Waals surface area contributed by atoms with Gasteiger partial charge < -0.3 is 4.90 Å². The smallest absolute Gasteiger partial charge is 0.232 e. The molecule has 3 rings (SSSR count). The largest absolute Gasteiger partial charge is 0.338 e. The van der Waals surface area contributed by atoms with Crippen LogP contribution in [-0.2, 0) is 34.2 Å². The van der Waals surface area contributed by atoms with Gasteiger partial charge in [0.15, 0.2) is 0 Å². The Balaban J connectivity index is 1.67. The molecule has 0 aliphatic carbocycles. The molecule has 144 valence electrons. The number of anilines is 1. The summed E-state index contributed by atoms with van der Waals surface area (Å²) in [5.74, 6) is -0.0108. The standard InChI is InChI=1S/C21H26N2O3S/c1-3-17-8-10-20(11-9-17)23(27(2,25)26)15-13-21(24)22-14-12-18-6-4-5-7-19(18)16-22/h4-11H,3,12-16H2,1-2H3. The van der Waals surface area contributed by atoms with Gasteiger partial charge in [0.1, 0.15) is 0 Å². The first-order valence-electron chi connectivity index (χ1n) is 9.29. The van der Waals surface area contributed by atoms with Crippen molar-refractivity contribution in [2.24, 2.45) is 0 Å². The minimum absolute atomic E-state index is 0.0108. The van der Waals surface area contributed by atoms with E-state index in [1.807, 2.05) is 47.4 Å². The molecule has 0 radical (unpaired) electrons. The summed E-state index contributed by atoms with van der Waals surface area (Å²) in [4.78, 5) is 14.5. The Hall–Kier alpha value is -2.34. The molecule has 2 aromatic rings. The minimum Gasteiger partial charge on any atom is -0.338 e. The lowest BCUT2D eigenvalue weighted by molar-refractivity contribution is -0.131. The summed E-state index contributed by atoms with van der Waals surface area (Å²) in [6.07, 6.45) is 3.09. The lowest BCUT2D eigenvalue weighted by atomic mass is 10.00. The Morgan fingerprint density at radius 2 is 1.74 bits per heavy atom. The van der Waals surface area contributed by atoms with Crippen molar-refractivity contribution in [3.05, 3.63) is 65.2 Å². The number of benzene rings is 2. The quantitative estimate of drug-likeness (QED) is 0.767. The van der Waals surface area contributed by atoms with Crippen molar-refractivity contribution < 1.29 is 13.2 Å². The highest BCUT2D eigenvalue weighted by Gasteiger charge is 2.23. The van der Waals surface area contributed by atoms with Gasteiger partial charge >= 0.3 is 0 Å². The molecule has 0 bridgehead atoms. The van der Waals surface area contributed by atoms with E-state index in [1.165, 1.54) is 21.7 Å². The first kappa shape index (κ1) is 19.4. The fraction of sp³-hybridized carbons (Fsp3) is 0.381. The van der Waals surface area contributed by atoms with Gasteiger partial charge in [-0.15, -0.1) is 0 Å². The molecule has 27 heavy (non-hydrogen) atoms. The van der Waals surface area contributed by atoms with Gasteiger partial charge in [0.2, 0.25) is 15.9 Å². The summed E-state index contributed by atoms with van der Waals surface area (Å²) < 4.78 is 25.8. The van der Waals surface area contributed by atoms with Crippen molar-refractivity contribution in [1.82, 2.24) is 4.90 Å². The van der Waals surface area contributed by atoms with Crippen LogP contribution in [0.5, 0.6) is 0 Å². The number of carbonyl (C=O) groups is 1. The van der Waals surface area contributed by atoms with Crippen molar-refractivity contribution >= 4 is 21.6 Å². The van der Waals surface area contributed by atoms with Gasteiger partial charge in [0.05, 0.1) is 11.9 Å². The van der Waals surface area contributed by atoms with E-state index in [-0.39, 0.29) is 18.9 Å². The number of aryl methyl sites for hydroxylation is 1. The highest BCUT2D eigenvalue weighted by molar-refractivity contribution is 7.92. The van der Waals surface area contributed by atoms with Crippen LogP contribution >= 0.6 is 0 Å². The van der Waals surface area contributed by atoms with E-state index in [4.69, 9.17) is 0 Å². The molecule has 2 aromatic carbocycles. The second-order valence-electron chi connectivity index (χ2n) is 6.94. The molecule has 1 amide bonds. The molecule has 0 N–H and O–H groups in total. The van der Waals surface area contributed by atoms with Crippen molar-refractivity contribution in [1.29, 1.82) is 0 Å². The third-order valence-electron chi connectivity index (χ3n) is 5.05. The normalized spacial score (nSPS) is 13.9. The van der Waals surface area contributed by atoms with Gasteiger partial charge in [-0.3, -0.25) is 9.10 Å². The van der Waals surface area contributed by atoms with E-state index >= 15 is 0 Å². The number of amides is 1. The number of rotatable bonds is 6. The zero-order valence-corrected chi connectivity index (χ0v) is 16.7. The fourth-order valence-corrected chi connectivity index (χ4v) is 4.38. The molecule has 0 spiro atoms. The van der Waals surface area contributed by atoms with Crippen LogP contribution in [0.25, 0.3) is 0 Å². The number of nitrogens with zero attached hydrogens (tertiary/aromatic N) is 2. The molecular formula is C21H26N2O3S. The summed E-state index contributed by atoms with van der Waals surface area (Å²) >= 11 is 0. The molecular weight excluding hydrogens is 360 g/mol. The molecule has 1 aliphatic rings. The number of hydrogen-bond donors (Lipinski definition) is 0. The monoisotopic (exact) mass is 386 g/mol. The van der Waals surface area contributed by atoms with Crippen LogP contribution in [0.3, 0.4) is 0 Å². The highest BCUT2D eigenvalue weighted by Crippen LogP contribution is 2.21. The van der Waals surface area contributed by atoms with Crippen molar-refractivity contribution in [3.8, 4) is 0 Å². The predicted octanol–water partition coefficient (Wildman–Crippen LogP) is 2.99. The van der Waals surface area contributed by atoms with Crippen molar-refractivity contribution in [2.75, 3.05) is 23.7 Å². The maximum atomic E-state index is 12.7. The minimum atomic E-state index is -3.45. The van der Waals surface area contributed by atoms with Crippen LogP contribution < -0.4 is 4.31 Å². The van der Waals surface area contributed by atoms with Crippen molar-refractivity contribution in [2.45, 2.75) is 32.7 Å². The Morgan fingerprint density at radius 3 is 2.37 bits per heavy atom. The Labute approximate surface area is 161 Å². The molecule has 5 nitrogen and oxygen atoms in total. The van der Waals surface area contributed by atoms with Crippen LogP contribution in [0, 0.1) is 0 Å². The maximum Gasteiger partial charge on any atom is 0.232 e. The van der Waals surface area contributed by atoms with E-state index in [2.05, 4.69) is 13.0 Å². The summed E-state index contributed by atoms with van der Waals surface area (Å²) in [6, 6.07) is 15.6. The van der Waals surface area contributed by atoms with Gasteiger partial charge in [-0.2, -0.15) is 0 Å². The van der Waals surface area contributed by atoms with Gasteiger partial charge in [-0.1, -0.05) is 43.3 Å². The van der Waals surface area contributed by atoms with Crippen LogP contribution in [0.4, 0.5) is 5.69 Å². The topological polar surface area (TPSA) is 57.7 Å². The zero-order chi connectivity index (χ0) is 19.4. The van der Waals surface area contributed by atoms with Crippen LogP contribution in [0.1, 0.15) is 30.0 Å². The van der Waals surface area contributed by atoms with E-state index in [0.29, 0.717) is 18.8 Å². The highest BCUT2D eigenvalue weighted by atomic mass is 32.2. The van der Waals surface area contributed by atoms with E-state index in [9.17, 15) is 13.2 Å². The third kappa shape index (κ3) is 4.69. The average Bonchev–Trinajstić information content (AvgIpc) is 2.67. The number of carbonyl (C=O) groups excluding carboxylic acids is 1. The van der Waals surface area contributed by atoms with Gasteiger partial charge in [0.25, 0.3) is 0 Å². The van der Waals surface area contributed by atoms with E-state index in [1.54, 1.807) is 0 Å². The lowest BCUT2D eigenvalue weighted by Crippen LogP contribution is -2.39. The SMILES string of the molecule is CCc1ccc(N(CCC(=O)N2CCc3ccccc3C2)S(C)(=O)=O)cc1. The van der Waals surface area contributed by atoms with E-state index in [0.717, 1.165) is 18.4 Å². The average molecular weight is 387 g/mol. The first-order valence-corrected chi connectivity index (χ1v) is 11.1. The Bertz CT molecular complexity index is 907. The molecule has 0 fully saturated rings. The maximum absolute atomic E-state index is 12.7. The fourth-order valence-electron chi connectivity index (χ4n) is 3.45. The van der Waals surface area contributed by atoms with Crippen molar-refractivity contribution in [3.63, 3.8) is 0 Å². The molecule has 0 saturated carbocycles. The van der Waals surface area contributed by atoms with Crippen LogP contribution in [0.15, 0.2) is 48.5 Å².